The molecule has 4 heteroatoms. The molecule has 0 unspecified atom stereocenters. The van der Waals surface area contributed by atoms with Gasteiger partial charge in [-0.2, -0.15) is 5.26 Å². The van der Waals surface area contributed by atoms with Crippen LogP contribution in [0.15, 0.2) is 17.5 Å². The van der Waals surface area contributed by atoms with Gasteiger partial charge in [-0.25, -0.2) is 4.98 Å². The highest BCUT2D eigenvalue weighted by Gasteiger charge is 2.15. The molecular weight excluding hydrogens is 224 g/mol. The van der Waals surface area contributed by atoms with Gasteiger partial charge >= 0.3 is 0 Å². The number of nitriles is 1. The molecule has 0 spiro atoms. The number of thiophene rings is 1. The van der Waals surface area contributed by atoms with E-state index >= 15 is 0 Å². The van der Waals surface area contributed by atoms with Gasteiger partial charge < -0.3 is 0 Å². The Bertz CT molecular complexity index is 489. The van der Waals surface area contributed by atoms with E-state index in [0.29, 0.717) is 5.92 Å². The van der Waals surface area contributed by atoms with Gasteiger partial charge in [0.15, 0.2) is 0 Å². The lowest BCUT2D eigenvalue weighted by molar-refractivity contribution is 0.831. The van der Waals surface area contributed by atoms with Crippen LogP contribution in [-0.2, 0) is 0 Å². The average Bonchev–Trinajstić information content (AvgIpc) is 2.86. The quantitative estimate of drug-likeness (QED) is 0.791. The van der Waals surface area contributed by atoms with Gasteiger partial charge in [-0.1, -0.05) is 19.9 Å². The van der Waals surface area contributed by atoms with E-state index in [1.807, 2.05) is 17.5 Å². The first-order valence-corrected chi connectivity index (χ1v) is 6.36. The fourth-order valence-corrected chi connectivity index (χ4v) is 3.12. The third-order valence-electron chi connectivity index (χ3n) is 2.03. The molecule has 0 aliphatic heterocycles. The topological polar surface area (TPSA) is 36.7 Å². The summed E-state index contributed by atoms with van der Waals surface area (Å²) in [4.78, 5) is 6.42. The lowest BCUT2D eigenvalue weighted by Crippen LogP contribution is -1.89. The first kappa shape index (κ1) is 10.3. The van der Waals surface area contributed by atoms with Crippen molar-refractivity contribution in [3.8, 4) is 16.0 Å². The fourth-order valence-electron chi connectivity index (χ4n) is 1.31. The van der Waals surface area contributed by atoms with Crippen molar-refractivity contribution in [3.05, 3.63) is 28.1 Å². The second-order valence-electron chi connectivity index (χ2n) is 3.48. The predicted molar refractivity (Wildman–Crippen MR) is 64.2 cm³/mol. The summed E-state index contributed by atoms with van der Waals surface area (Å²) in [6, 6.07) is 6.26. The second kappa shape index (κ2) is 4.13. The van der Waals surface area contributed by atoms with Gasteiger partial charge in [0.2, 0.25) is 0 Å². The number of hydrogen-bond donors (Lipinski definition) is 0. The van der Waals surface area contributed by atoms with Crippen LogP contribution in [0.4, 0.5) is 0 Å². The second-order valence-corrected chi connectivity index (χ2v) is 5.42. The Kier molecular flexibility index (Phi) is 2.85. The highest BCUT2D eigenvalue weighted by Crippen LogP contribution is 2.33. The van der Waals surface area contributed by atoms with Crippen LogP contribution < -0.4 is 0 Å². The Morgan fingerprint density at radius 2 is 2.27 bits per heavy atom. The number of rotatable bonds is 2. The van der Waals surface area contributed by atoms with E-state index in [-0.39, 0.29) is 0 Å². The minimum absolute atomic E-state index is 0.310. The maximum absolute atomic E-state index is 9.00. The van der Waals surface area contributed by atoms with E-state index in [0.717, 1.165) is 20.5 Å². The maximum atomic E-state index is 9.00. The highest BCUT2D eigenvalue weighted by atomic mass is 32.1. The molecule has 0 aromatic carbocycles. The van der Waals surface area contributed by atoms with Crippen LogP contribution in [0.1, 0.15) is 30.3 Å². The number of aromatic nitrogens is 1. The average molecular weight is 234 g/mol. The molecule has 0 saturated heterocycles. The molecule has 76 valence electrons. The minimum atomic E-state index is 0.310. The first-order valence-electron chi connectivity index (χ1n) is 4.67. The Labute approximate surface area is 96.8 Å². The van der Waals surface area contributed by atoms with Crippen LogP contribution in [-0.4, -0.2) is 4.98 Å². The molecule has 0 saturated carbocycles. The van der Waals surface area contributed by atoms with Gasteiger partial charge in [0.05, 0.1) is 10.6 Å². The summed E-state index contributed by atoms with van der Waals surface area (Å²) < 4.78 is 0. The Balaban J connectivity index is 2.49. The van der Waals surface area contributed by atoms with Crippen molar-refractivity contribution in [3.63, 3.8) is 0 Å². The highest BCUT2D eigenvalue weighted by molar-refractivity contribution is 7.21. The van der Waals surface area contributed by atoms with Crippen molar-refractivity contribution in [2.75, 3.05) is 0 Å². The lowest BCUT2D eigenvalue weighted by atomic mass is 10.1. The summed E-state index contributed by atoms with van der Waals surface area (Å²) in [5.41, 5.74) is 0.922. The first-order chi connectivity index (χ1) is 7.22. The monoisotopic (exact) mass is 234 g/mol. The normalized spacial score (nSPS) is 10.5. The molecule has 0 aliphatic rings. The van der Waals surface area contributed by atoms with E-state index in [2.05, 4.69) is 24.9 Å². The third kappa shape index (κ3) is 1.94. The van der Waals surface area contributed by atoms with Crippen molar-refractivity contribution in [1.82, 2.24) is 4.98 Å². The van der Waals surface area contributed by atoms with Crippen LogP contribution >= 0.6 is 22.7 Å². The van der Waals surface area contributed by atoms with Gasteiger partial charge in [-0.3, -0.25) is 0 Å². The van der Waals surface area contributed by atoms with Gasteiger partial charge in [0.25, 0.3) is 0 Å². The molecular formula is C11H10N2S2. The van der Waals surface area contributed by atoms with Crippen LogP contribution in [0.25, 0.3) is 9.88 Å². The zero-order valence-electron chi connectivity index (χ0n) is 8.52. The molecule has 2 heterocycles. The molecule has 0 bridgehead atoms. The van der Waals surface area contributed by atoms with Crippen LogP contribution in [0.5, 0.6) is 0 Å². The fraction of sp³-hybridized carbons (Fsp3) is 0.273. The summed E-state index contributed by atoms with van der Waals surface area (Å²) in [5.74, 6) is 0.310. The minimum Gasteiger partial charge on any atom is -0.239 e. The summed E-state index contributed by atoms with van der Waals surface area (Å²) >= 11 is 3.14. The molecule has 2 nitrogen and oxygen atoms in total. The van der Waals surface area contributed by atoms with Crippen LogP contribution in [0, 0.1) is 11.3 Å². The molecule has 15 heavy (non-hydrogen) atoms. The summed E-state index contributed by atoms with van der Waals surface area (Å²) in [6.07, 6.45) is 0. The van der Waals surface area contributed by atoms with E-state index in [4.69, 9.17) is 5.26 Å². The van der Waals surface area contributed by atoms with Crippen molar-refractivity contribution < 1.29 is 0 Å². The number of hydrogen-bond acceptors (Lipinski definition) is 4. The zero-order valence-corrected chi connectivity index (χ0v) is 10.2. The van der Waals surface area contributed by atoms with E-state index in [1.165, 1.54) is 11.3 Å². The third-order valence-corrected chi connectivity index (χ3v) is 4.05. The molecule has 2 rings (SSSR count). The summed E-state index contributed by atoms with van der Waals surface area (Å²) in [7, 11) is 0. The summed E-state index contributed by atoms with van der Waals surface area (Å²) in [5, 5.41) is 12.0. The Morgan fingerprint density at radius 1 is 1.47 bits per heavy atom. The van der Waals surface area contributed by atoms with Gasteiger partial charge in [-0.15, -0.1) is 22.7 Å². The SMILES string of the molecule is CC(C)c1nc(-c2cccs2)sc1C#N. The van der Waals surface area contributed by atoms with Gasteiger partial charge in [0.1, 0.15) is 16.0 Å². The van der Waals surface area contributed by atoms with Crippen molar-refractivity contribution in [2.45, 2.75) is 19.8 Å². The Hall–Kier alpha value is -1.18. The molecule has 0 aliphatic carbocycles. The van der Waals surface area contributed by atoms with Crippen molar-refractivity contribution in [1.29, 1.82) is 5.26 Å². The Morgan fingerprint density at radius 3 is 2.73 bits per heavy atom. The van der Waals surface area contributed by atoms with Crippen LogP contribution in [0.2, 0.25) is 0 Å². The number of thiazole rings is 1. The molecule has 0 atom stereocenters. The number of nitrogens with zero attached hydrogens (tertiary/aromatic N) is 2. The lowest BCUT2D eigenvalue weighted by Gasteiger charge is -1.98. The molecule has 2 aromatic rings. The summed E-state index contributed by atoms with van der Waals surface area (Å²) in [6.45, 7) is 4.13. The van der Waals surface area contributed by atoms with Gasteiger partial charge in [0, 0.05) is 0 Å². The van der Waals surface area contributed by atoms with Gasteiger partial charge in [-0.05, 0) is 17.4 Å². The van der Waals surface area contributed by atoms with E-state index < -0.39 is 0 Å². The molecule has 0 N–H and O–H groups in total. The van der Waals surface area contributed by atoms with Crippen molar-refractivity contribution in [2.24, 2.45) is 0 Å². The molecule has 0 fully saturated rings. The van der Waals surface area contributed by atoms with Crippen molar-refractivity contribution >= 4 is 22.7 Å². The zero-order chi connectivity index (χ0) is 10.8. The largest absolute Gasteiger partial charge is 0.239 e. The maximum Gasteiger partial charge on any atom is 0.134 e. The predicted octanol–water partition coefficient (Wildman–Crippen LogP) is 3.87. The smallest absolute Gasteiger partial charge is 0.134 e. The van der Waals surface area contributed by atoms with E-state index in [1.54, 1.807) is 11.3 Å². The van der Waals surface area contributed by atoms with E-state index in [9.17, 15) is 0 Å². The molecule has 2 aromatic heterocycles. The van der Waals surface area contributed by atoms with Crippen LogP contribution in [0.3, 0.4) is 0 Å². The molecule has 0 radical (unpaired) electrons. The molecule has 0 amide bonds. The standard InChI is InChI=1S/C11H10N2S2/c1-7(2)10-9(6-12)15-11(13-10)8-4-3-5-14-8/h3-5,7H,1-2H3.